The van der Waals surface area contributed by atoms with Gasteiger partial charge < -0.3 is 25.2 Å². The van der Waals surface area contributed by atoms with Crippen LogP contribution in [0, 0.1) is 0 Å². The van der Waals surface area contributed by atoms with Crippen LogP contribution in [0.1, 0.15) is 22.5 Å². The third-order valence-corrected chi connectivity index (χ3v) is 5.25. The van der Waals surface area contributed by atoms with Crippen LogP contribution in [0.3, 0.4) is 0 Å². The highest BCUT2D eigenvalue weighted by Gasteiger charge is 2.32. The zero-order valence-electron chi connectivity index (χ0n) is 13.4. The molecule has 0 aromatic carbocycles. The summed E-state index contributed by atoms with van der Waals surface area (Å²) in [4.78, 5) is 39.7. The molecule has 9 heteroatoms. The van der Waals surface area contributed by atoms with Crippen LogP contribution in [0.2, 0.25) is 0 Å². The highest BCUT2D eigenvalue weighted by atomic mass is 32.1. The number of nitrogens with one attached hydrogen (secondary N) is 2. The number of thiophene rings is 1. The molecular weight excluding hydrogens is 332 g/mol. The standard InChI is InChI=1S/C15H20N4O4S/c1-23-13(20)12-11(4-9-24-12)17-15(22)18-6-2-10(3-7-18)19-8-5-16-14(19)21/h4,9-10H,2-3,5-8H2,1H3,(H,16,21)(H,17,22). The molecule has 0 saturated carbocycles. The fourth-order valence-corrected chi connectivity index (χ4v) is 3.83. The molecule has 8 nitrogen and oxygen atoms in total. The number of amides is 4. The van der Waals surface area contributed by atoms with Crippen LogP contribution in [0.25, 0.3) is 0 Å². The van der Waals surface area contributed by atoms with Gasteiger partial charge in [-0.1, -0.05) is 0 Å². The third-order valence-electron chi connectivity index (χ3n) is 4.36. The average Bonchev–Trinajstić information content (AvgIpc) is 3.23. The van der Waals surface area contributed by atoms with Gasteiger partial charge in [0.25, 0.3) is 0 Å². The van der Waals surface area contributed by atoms with Gasteiger partial charge in [-0.3, -0.25) is 0 Å². The molecule has 0 atom stereocenters. The maximum atomic E-state index is 12.4. The number of piperidine rings is 1. The first kappa shape index (κ1) is 16.6. The predicted octanol–water partition coefficient (Wildman–Crippen LogP) is 1.56. The number of carbonyl (C=O) groups is 3. The summed E-state index contributed by atoms with van der Waals surface area (Å²) in [5.74, 6) is -0.459. The van der Waals surface area contributed by atoms with Gasteiger partial charge in [0.2, 0.25) is 0 Å². The van der Waals surface area contributed by atoms with Crippen molar-refractivity contribution >= 4 is 35.1 Å². The first-order chi connectivity index (χ1) is 11.6. The molecule has 4 amide bonds. The lowest BCUT2D eigenvalue weighted by Gasteiger charge is -2.36. The van der Waals surface area contributed by atoms with Crippen LogP contribution in [0.4, 0.5) is 15.3 Å². The molecule has 1 aromatic heterocycles. The van der Waals surface area contributed by atoms with Gasteiger partial charge in [-0.05, 0) is 24.3 Å². The van der Waals surface area contributed by atoms with Crippen LogP contribution in [0.15, 0.2) is 11.4 Å². The second-order valence-electron chi connectivity index (χ2n) is 5.73. The molecule has 24 heavy (non-hydrogen) atoms. The minimum Gasteiger partial charge on any atom is -0.465 e. The van der Waals surface area contributed by atoms with E-state index in [1.54, 1.807) is 16.3 Å². The molecule has 0 radical (unpaired) electrons. The number of ether oxygens (including phenoxy) is 1. The lowest BCUT2D eigenvalue weighted by molar-refractivity contribution is 0.0607. The molecule has 1 aromatic rings. The van der Waals surface area contributed by atoms with Gasteiger partial charge in [0.05, 0.1) is 12.8 Å². The van der Waals surface area contributed by atoms with Crippen LogP contribution in [-0.2, 0) is 4.74 Å². The lowest BCUT2D eigenvalue weighted by Crippen LogP contribution is -2.48. The zero-order chi connectivity index (χ0) is 17.1. The van der Waals surface area contributed by atoms with E-state index < -0.39 is 5.97 Å². The van der Waals surface area contributed by atoms with E-state index in [1.807, 2.05) is 4.90 Å². The van der Waals surface area contributed by atoms with Crippen molar-refractivity contribution in [2.45, 2.75) is 18.9 Å². The maximum Gasteiger partial charge on any atom is 0.350 e. The number of rotatable bonds is 3. The Bertz CT molecular complexity index is 639. The highest BCUT2D eigenvalue weighted by Crippen LogP contribution is 2.24. The van der Waals surface area contributed by atoms with Crippen molar-refractivity contribution in [1.29, 1.82) is 0 Å². The number of esters is 1. The molecule has 2 saturated heterocycles. The Hall–Kier alpha value is -2.29. The van der Waals surface area contributed by atoms with E-state index in [9.17, 15) is 14.4 Å². The highest BCUT2D eigenvalue weighted by molar-refractivity contribution is 7.12. The molecule has 0 bridgehead atoms. The predicted molar refractivity (Wildman–Crippen MR) is 89.4 cm³/mol. The minimum atomic E-state index is -0.459. The number of likely N-dealkylation sites (tertiary alicyclic amines) is 1. The van der Waals surface area contributed by atoms with Gasteiger partial charge in [0, 0.05) is 32.2 Å². The van der Waals surface area contributed by atoms with E-state index in [1.165, 1.54) is 18.4 Å². The number of methoxy groups -OCH3 is 1. The summed E-state index contributed by atoms with van der Waals surface area (Å²) in [5.41, 5.74) is 0.470. The fraction of sp³-hybridized carbons (Fsp3) is 0.533. The Kier molecular flexibility index (Phi) is 4.89. The van der Waals surface area contributed by atoms with Crippen molar-refractivity contribution in [3.05, 3.63) is 16.3 Å². The number of hydrogen-bond donors (Lipinski definition) is 2. The topological polar surface area (TPSA) is 91.0 Å². The Morgan fingerprint density at radius 1 is 1.33 bits per heavy atom. The van der Waals surface area contributed by atoms with Crippen LogP contribution >= 0.6 is 11.3 Å². The summed E-state index contributed by atoms with van der Waals surface area (Å²) in [7, 11) is 1.31. The van der Waals surface area contributed by atoms with Crippen molar-refractivity contribution in [2.75, 3.05) is 38.6 Å². The monoisotopic (exact) mass is 352 g/mol. The molecule has 2 N–H and O–H groups in total. The van der Waals surface area contributed by atoms with Crippen LogP contribution < -0.4 is 10.6 Å². The second-order valence-corrected chi connectivity index (χ2v) is 6.64. The summed E-state index contributed by atoms with van der Waals surface area (Å²) < 4.78 is 4.71. The quantitative estimate of drug-likeness (QED) is 0.808. The van der Waals surface area contributed by atoms with E-state index in [-0.39, 0.29) is 18.1 Å². The lowest BCUT2D eigenvalue weighted by atomic mass is 10.0. The largest absolute Gasteiger partial charge is 0.465 e. The summed E-state index contributed by atoms with van der Waals surface area (Å²) in [6.45, 7) is 2.58. The smallest absolute Gasteiger partial charge is 0.350 e. The van der Waals surface area contributed by atoms with Gasteiger partial charge in [-0.25, -0.2) is 14.4 Å². The van der Waals surface area contributed by atoms with E-state index >= 15 is 0 Å². The Labute approximate surface area is 143 Å². The van der Waals surface area contributed by atoms with Crippen molar-refractivity contribution in [1.82, 2.24) is 15.1 Å². The summed E-state index contributed by atoms with van der Waals surface area (Å²) in [6, 6.07) is 1.63. The van der Waals surface area contributed by atoms with E-state index in [4.69, 9.17) is 4.74 Å². The second kappa shape index (κ2) is 7.08. The van der Waals surface area contributed by atoms with Crippen LogP contribution in [-0.4, -0.2) is 67.2 Å². The normalized spacial score (nSPS) is 18.5. The van der Waals surface area contributed by atoms with Crippen molar-refractivity contribution < 1.29 is 19.1 Å². The molecule has 3 rings (SSSR count). The molecule has 0 aliphatic carbocycles. The van der Waals surface area contributed by atoms with Gasteiger partial charge in [0.15, 0.2) is 0 Å². The molecular formula is C15H20N4O4S. The fourth-order valence-electron chi connectivity index (χ4n) is 3.07. The molecule has 2 fully saturated rings. The van der Waals surface area contributed by atoms with Gasteiger partial charge in [-0.2, -0.15) is 0 Å². The van der Waals surface area contributed by atoms with E-state index in [0.29, 0.717) is 30.2 Å². The molecule has 0 spiro atoms. The first-order valence-electron chi connectivity index (χ1n) is 7.86. The molecule has 2 aliphatic rings. The zero-order valence-corrected chi connectivity index (χ0v) is 14.2. The van der Waals surface area contributed by atoms with E-state index in [0.717, 1.165) is 19.4 Å². The SMILES string of the molecule is COC(=O)c1sccc1NC(=O)N1CCC(N2CCNC2=O)CC1. The minimum absolute atomic E-state index is 0.0149. The first-order valence-corrected chi connectivity index (χ1v) is 8.74. The Morgan fingerprint density at radius 2 is 2.08 bits per heavy atom. The molecule has 0 unspecified atom stereocenters. The van der Waals surface area contributed by atoms with Gasteiger partial charge >= 0.3 is 18.0 Å². The van der Waals surface area contributed by atoms with Gasteiger partial charge in [-0.15, -0.1) is 11.3 Å². The van der Waals surface area contributed by atoms with Crippen LogP contribution in [0.5, 0.6) is 0 Å². The summed E-state index contributed by atoms with van der Waals surface area (Å²) in [5, 5.41) is 7.31. The Morgan fingerprint density at radius 3 is 2.71 bits per heavy atom. The number of carbonyl (C=O) groups excluding carboxylic acids is 3. The molecule has 130 valence electrons. The average molecular weight is 352 g/mol. The van der Waals surface area contributed by atoms with Gasteiger partial charge in [0.1, 0.15) is 4.88 Å². The molecule has 2 aliphatic heterocycles. The number of nitrogens with zero attached hydrogens (tertiary/aromatic N) is 2. The number of urea groups is 2. The van der Waals surface area contributed by atoms with Crippen molar-refractivity contribution in [3.63, 3.8) is 0 Å². The third kappa shape index (κ3) is 3.30. The summed E-state index contributed by atoms with van der Waals surface area (Å²) >= 11 is 1.23. The van der Waals surface area contributed by atoms with Crippen molar-refractivity contribution in [2.24, 2.45) is 0 Å². The maximum absolute atomic E-state index is 12.4. The molecule has 3 heterocycles. The Balaban J connectivity index is 1.55. The summed E-state index contributed by atoms with van der Waals surface area (Å²) in [6.07, 6.45) is 1.52. The van der Waals surface area contributed by atoms with E-state index in [2.05, 4.69) is 10.6 Å². The number of anilines is 1. The van der Waals surface area contributed by atoms with Crippen molar-refractivity contribution in [3.8, 4) is 0 Å². The number of hydrogen-bond acceptors (Lipinski definition) is 5.